The van der Waals surface area contributed by atoms with Crippen molar-refractivity contribution in [2.75, 3.05) is 6.54 Å². The van der Waals surface area contributed by atoms with Gasteiger partial charge in [-0.15, -0.1) is 11.3 Å². The van der Waals surface area contributed by atoms with Gasteiger partial charge in [0.25, 0.3) is 0 Å². The Balaban J connectivity index is 1.53. The van der Waals surface area contributed by atoms with Crippen LogP contribution in [0.15, 0.2) is 0 Å². The third kappa shape index (κ3) is 3.79. The molecule has 1 aromatic heterocycles. The zero-order valence-electron chi connectivity index (χ0n) is 14.6. The highest BCUT2D eigenvalue weighted by atomic mass is 32.1. The SMILES string of the molecule is CCCc1nc(C)c(CNC(=O)[C@H]2CC(=O)N(C3CCCC3)C2)s1. The first kappa shape index (κ1) is 17.4. The van der Waals surface area contributed by atoms with Crippen molar-refractivity contribution in [2.24, 2.45) is 5.92 Å². The van der Waals surface area contributed by atoms with Crippen LogP contribution in [0.1, 0.15) is 61.0 Å². The minimum atomic E-state index is -0.193. The summed E-state index contributed by atoms with van der Waals surface area (Å²) in [6.07, 6.45) is 7.05. The van der Waals surface area contributed by atoms with Crippen LogP contribution in [0.5, 0.6) is 0 Å². The predicted octanol–water partition coefficient (Wildman–Crippen LogP) is 2.81. The number of aryl methyl sites for hydroxylation is 2. The number of carbonyl (C=O) groups excluding carboxylic acids is 2. The van der Waals surface area contributed by atoms with E-state index >= 15 is 0 Å². The Kier molecular flexibility index (Phi) is 5.54. The second-order valence-corrected chi connectivity index (χ2v) is 8.14. The number of likely N-dealkylation sites (tertiary alicyclic amines) is 1. The van der Waals surface area contributed by atoms with E-state index in [1.54, 1.807) is 11.3 Å². The molecule has 0 unspecified atom stereocenters. The first-order chi connectivity index (χ1) is 11.6. The lowest BCUT2D eigenvalue weighted by Crippen LogP contribution is -2.36. The molecule has 5 nitrogen and oxygen atoms in total. The number of aromatic nitrogens is 1. The number of nitrogens with one attached hydrogen (secondary N) is 1. The number of hydrogen-bond donors (Lipinski definition) is 1. The summed E-state index contributed by atoms with van der Waals surface area (Å²) in [5.74, 6) is -0.0311. The third-order valence-corrected chi connectivity index (χ3v) is 6.34. The summed E-state index contributed by atoms with van der Waals surface area (Å²) in [6.45, 7) is 5.27. The molecule has 1 aliphatic carbocycles. The minimum absolute atomic E-state index is 0.00804. The fourth-order valence-electron chi connectivity index (χ4n) is 3.76. The monoisotopic (exact) mass is 349 g/mol. The lowest BCUT2D eigenvalue weighted by atomic mass is 10.1. The van der Waals surface area contributed by atoms with Gasteiger partial charge in [0.15, 0.2) is 0 Å². The molecule has 6 heteroatoms. The molecule has 1 atom stereocenters. The first-order valence-electron chi connectivity index (χ1n) is 9.10. The zero-order chi connectivity index (χ0) is 17.1. The van der Waals surface area contributed by atoms with Crippen molar-refractivity contribution in [3.63, 3.8) is 0 Å². The number of carbonyl (C=O) groups is 2. The van der Waals surface area contributed by atoms with Crippen LogP contribution in [0.4, 0.5) is 0 Å². The Morgan fingerprint density at radius 1 is 1.38 bits per heavy atom. The second-order valence-electron chi connectivity index (χ2n) is 6.97. The van der Waals surface area contributed by atoms with Crippen LogP contribution in [0.25, 0.3) is 0 Å². The van der Waals surface area contributed by atoms with Gasteiger partial charge in [-0.3, -0.25) is 9.59 Å². The second kappa shape index (κ2) is 7.64. The average Bonchev–Trinajstić information content (AvgIpc) is 3.26. The molecule has 1 saturated heterocycles. The van der Waals surface area contributed by atoms with Gasteiger partial charge in [0.05, 0.1) is 23.2 Å². The van der Waals surface area contributed by atoms with E-state index in [4.69, 9.17) is 0 Å². The fraction of sp³-hybridized carbons (Fsp3) is 0.722. The zero-order valence-corrected chi connectivity index (χ0v) is 15.5. The molecule has 2 aliphatic rings. The van der Waals surface area contributed by atoms with Crippen LogP contribution in [0.3, 0.4) is 0 Å². The van der Waals surface area contributed by atoms with Crippen LogP contribution in [0, 0.1) is 12.8 Å². The third-order valence-electron chi connectivity index (χ3n) is 5.12. The first-order valence-corrected chi connectivity index (χ1v) is 9.92. The van der Waals surface area contributed by atoms with Crippen LogP contribution in [-0.4, -0.2) is 34.3 Å². The Morgan fingerprint density at radius 3 is 2.83 bits per heavy atom. The quantitative estimate of drug-likeness (QED) is 0.859. The number of rotatable bonds is 6. The van der Waals surface area contributed by atoms with Crippen LogP contribution in [-0.2, 0) is 22.6 Å². The van der Waals surface area contributed by atoms with Crippen LogP contribution < -0.4 is 5.32 Å². The van der Waals surface area contributed by atoms with Gasteiger partial charge >= 0.3 is 0 Å². The Bertz CT molecular complexity index is 607. The van der Waals surface area contributed by atoms with Crippen molar-refractivity contribution >= 4 is 23.2 Å². The molecule has 2 fully saturated rings. The predicted molar refractivity (Wildman–Crippen MR) is 94.8 cm³/mol. The Hall–Kier alpha value is -1.43. The Morgan fingerprint density at radius 2 is 2.12 bits per heavy atom. The molecule has 1 saturated carbocycles. The molecule has 2 amide bonds. The average molecular weight is 350 g/mol. The van der Waals surface area contributed by atoms with E-state index in [0.717, 1.165) is 41.3 Å². The van der Waals surface area contributed by atoms with Crippen molar-refractivity contribution in [3.8, 4) is 0 Å². The molecule has 0 bridgehead atoms. The molecular formula is C18H27N3O2S. The molecule has 3 rings (SSSR count). The molecule has 0 aromatic carbocycles. The summed E-state index contributed by atoms with van der Waals surface area (Å²) in [5, 5.41) is 4.16. The normalized spacial score (nSPS) is 21.7. The van der Waals surface area contributed by atoms with Gasteiger partial charge in [-0.2, -0.15) is 0 Å². The largest absolute Gasteiger partial charge is 0.351 e. The molecule has 2 heterocycles. The van der Waals surface area contributed by atoms with E-state index in [-0.39, 0.29) is 17.7 Å². The van der Waals surface area contributed by atoms with Crippen molar-refractivity contribution in [2.45, 2.75) is 71.4 Å². The maximum absolute atomic E-state index is 12.5. The van der Waals surface area contributed by atoms with Crippen LogP contribution >= 0.6 is 11.3 Å². The maximum Gasteiger partial charge on any atom is 0.225 e. The Labute approximate surface area is 147 Å². The minimum Gasteiger partial charge on any atom is -0.351 e. The van der Waals surface area contributed by atoms with Gasteiger partial charge in [0.2, 0.25) is 11.8 Å². The smallest absolute Gasteiger partial charge is 0.225 e. The van der Waals surface area contributed by atoms with E-state index in [1.807, 2.05) is 11.8 Å². The highest BCUT2D eigenvalue weighted by Crippen LogP contribution is 2.29. The van der Waals surface area contributed by atoms with Gasteiger partial charge in [-0.25, -0.2) is 4.98 Å². The van der Waals surface area contributed by atoms with Crippen molar-refractivity contribution in [1.29, 1.82) is 0 Å². The van der Waals surface area contributed by atoms with Crippen molar-refractivity contribution in [3.05, 3.63) is 15.6 Å². The summed E-state index contributed by atoms with van der Waals surface area (Å²) in [5.41, 5.74) is 1.01. The molecule has 0 spiro atoms. The van der Waals surface area contributed by atoms with Crippen molar-refractivity contribution in [1.82, 2.24) is 15.2 Å². The van der Waals surface area contributed by atoms with Gasteiger partial charge in [0.1, 0.15) is 0 Å². The van der Waals surface area contributed by atoms with E-state index in [1.165, 1.54) is 12.8 Å². The van der Waals surface area contributed by atoms with E-state index in [0.29, 0.717) is 25.6 Å². The van der Waals surface area contributed by atoms with Gasteiger partial charge in [-0.05, 0) is 32.6 Å². The number of nitrogens with zero attached hydrogens (tertiary/aromatic N) is 2. The summed E-state index contributed by atoms with van der Waals surface area (Å²) in [7, 11) is 0. The molecule has 1 aliphatic heterocycles. The van der Waals surface area contributed by atoms with Gasteiger partial charge < -0.3 is 10.2 Å². The molecule has 1 aromatic rings. The van der Waals surface area contributed by atoms with E-state index in [2.05, 4.69) is 17.2 Å². The molecule has 132 valence electrons. The lowest BCUT2D eigenvalue weighted by molar-refractivity contribution is -0.130. The lowest BCUT2D eigenvalue weighted by Gasteiger charge is -2.23. The summed E-state index contributed by atoms with van der Waals surface area (Å²) >= 11 is 1.69. The summed E-state index contributed by atoms with van der Waals surface area (Å²) in [4.78, 5) is 32.3. The fourth-order valence-corrected chi connectivity index (χ4v) is 4.87. The molecule has 0 radical (unpaired) electrons. The molecule has 1 N–H and O–H groups in total. The van der Waals surface area contributed by atoms with E-state index < -0.39 is 0 Å². The van der Waals surface area contributed by atoms with Crippen LogP contribution in [0.2, 0.25) is 0 Å². The summed E-state index contributed by atoms with van der Waals surface area (Å²) < 4.78 is 0. The van der Waals surface area contributed by atoms with Gasteiger partial charge in [-0.1, -0.05) is 19.8 Å². The topological polar surface area (TPSA) is 62.3 Å². The van der Waals surface area contributed by atoms with E-state index in [9.17, 15) is 9.59 Å². The highest BCUT2D eigenvalue weighted by Gasteiger charge is 2.38. The maximum atomic E-state index is 12.5. The van der Waals surface area contributed by atoms with Crippen molar-refractivity contribution < 1.29 is 9.59 Å². The van der Waals surface area contributed by atoms with Gasteiger partial charge in [0, 0.05) is 23.9 Å². The molecular weight excluding hydrogens is 322 g/mol. The standard InChI is InChI=1S/C18H27N3O2S/c1-3-6-16-20-12(2)15(24-16)10-19-18(23)13-9-17(22)21(11-13)14-7-4-5-8-14/h13-14H,3-11H2,1-2H3,(H,19,23)/t13-/m0/s1. The summed E-state index contributed by atoms with van der Waals surface area (Å²) in [6, 6.07) is 0.371. The number of hydrogen-bond acceptors (Lipinski definition) is 4. The number of thiazole rings is 1. The number of amides is 2. The highest BCUT2D eigenvalue weighted by molar-refractivity contribution is 7.11. The molecule has 24 heavy (non-hydrogen) atoms.